The number of carbonyl (C=O) groups excluding carboxylic acids is 1. The number of nitrogens with one attached hydrogen (secondary N) is 1. The van der Waals surface area contributed by atoms with Gasteiger partial charge in [-0.25, -0.2) is 8.42 Å². The van der Waals surface area contributed by atoms with Crippen molar-refractivity contribution in [2.75, 3.05) is 32.7 Å². The zero-order valence-electron chi connectivity index (χ0n) is 14.2. The monoisotopic (exact) mass is 393 g/mol. The van der Waals surface area contributed by atoms with Crippen LogP contribution in [-0.2, 0) is 14.8 Å². The van der Waals surface area contributed by atoms with Crippen LogP contribution in [0.5, 0.6) is 0 Å². The molecule has 0 spiro atoms. The van der Waals surface area contributed by atoms with Gasteiger partial charge in [0.1, 0.15) is 4.21 Å². The summed E-state index contributed by atoms with van der Waals surface area (Å²) < 4.78 is 27.3. The second-order valence-corrected chi connectivity index (χ2v) is 10.2. The maximum atomic E-state index is 12.6. The predicted molar refractivity (Wildman–Crippen MR) is 97.0 cm³/mol. The molecule has 6 nitrogen and oxygen atoms in total. The van der Waals surface area contributed by atoms with Crippen LogP contribution in [0.2, 0.25) is 4.34 Å². The third kappa shape index (κ3) is 4.70. The van der Waals surface area contributed by atoms with Crippen LogP contribution < -0.4 is 5.32 Å². The van der Waals surface area contributed by atoms with E-state index in [0.717, 1.165) is 11.3 Å². The van der Waals surface area contributed by atoms with E-state index in [1.54, 1.807) is 6.07 Å². The second-order valence-electron chi connectivity index (χ2n) is 6.31. The SMILES string of the molecule is CC(C)CNC(=O)[C@H](C)N1CCN(S(=O)(=O)c2ccc(Cl)s2)CC1. The lowest BCUT2D eigenvalue weighted by atomic mass is 10.2. The molecule has 1 aromatic heterocycles. The second kappa shape index (κ2) is 8.14. The van der Waals surface area contributed by atoms with Crippen LogP contribution in [0.1, 0.15) is 20.8 Å². The Bertz CT molecular complexity index is 667. The van der Waals surface area contributed by atoms with Gasteiger partial charge in [-0.15, -0.1) is 11.3 Å². The zero-order chi connectivity index (χ0) is 17.9. The number of amides is 1. The summed E-state index contributed by atoms with van der Waals surface area (Å²) in [6, 6.07) is 2.87. The van der Waals surface area contributed by atoms with Crippen LogP contribution in [0, 0.1) is 5.92 Å². The number of halogens is 1. The van der Waals surface area contributed by atoms with Crippen molar-refractivity contribution in [1.82, 2.24) is 14.5 Å². The minimum Gasteiger partial charge on any atom is -0.354 e. The van der Waals surface area contributed by atoms with Crippen molar-refractivity contribution in [1.29, 1.82) is 0 Å². The van der Waals surface area contributed by atoms with Gasteiger partial charge >= 0.3 is 0 Å². The highest BCUT2D eigenvalue weighted by atomic mass is 35.5. The van der Waals surface area contributed by atoms with Gasteiger partial charge in [-0.1, -0.05) is 25.4 Å². The Balaban J connectivity index is 1.92. The lowest BCUT2D eigenvalue weighted by Gasteiger charge is -2.36. The fourth-order valence-electron chi connectivity index (χ4n) is 2.51. The summed E-state index contributed by atoms with van der Waals surface area (Å²) in [6.07, 6.45) is 0. The van der Waals surface area contributed by atoms with Crippen LogP contribution in [0.3, 0.4) is 0 Å². The summed E-state index contributed by atoms with van der Waals surface area (Å²) in [5, 5.41) is 2.92. The first-order chi connectivity index (χ1) is 11.2. The molecule has 0 radical (unpaired) electrons. The number of nitrogens with zero attached hydrogens (tertiary/aromatic N) is 2. The topological polar surface area (TPSA) is 69.7 Å². The van der Waals surface area contributed by atoms with Crippen LogP contribution in [0.15, 0.2) is 16.3 Å². The van der Waals surface area contributed by atoms with Gasteiger partial charge < -0.3 is 5.32 Å². The molecule has 1 fully saturated rings. The van der Waals surface area contributed by atoms with Crippen LogP contribution in [-0.4, -0.2) is 62.3 Å². The molecule has 2 rings (SSSR count). The largest absolute Gasteiger partial charge is 0.354 e. The minimum atomic E-state index is -3.49. The summed E-state index contributed by atoms with van der Waals surface area (Å²) in [7, 11) is -3.49. The van der Waals surface area contributed by atoms with Gasteiger partial charge in [0.2, 0.25) is 5.91 Å². The van der Waals surface area contributed by atoms with Crippen molar-refractivity contribution in [3.8, 4) is 0 Å². The molecule has 0 bridgehead atoms. The van der Waals surface area contributed by atoms with Crippen molar-refractivity contribution in [3.05, 3.63) is 16.5 Å². The first-order valence-corrected chi connectivity index (χ1v) is 10.6. The van der Waals surface area contributed by atoms with Gasteiger partial charge in [0, 0.05) is 32.7 Å². The molecule has 1 aliphatic heterocycles. The molecule has 24 heavy (non-hydrogen) atoms. The van der Waals surface area contributed by atoms with Gasteiger partial charge in [0.15, 0.2) is 0 Å². The van der Waals surface area contributed by atoms with Crippen LogP contribution in [0.25, 0.3) is 0 Å². The van der Waals surface area contributed by atoms with Crippen molar-refractivity contribution in [2.45, 2.75) is 31.0 Å². The average molecular weight is 394 g/mol. The molecule has 0 saturated carbocycles. The molecule has 0 unspecified atom stereocenters. The van der Waals surface area contributed by atoms with Crippen LogP contribution in [0.4, 0.5) is 0 Å². The molecule has 1 atom stereocenters. The third-order valence-electron chi connectivity index (χ3n) is 4.03. The molecule has 0 aromatic carbocycles. The smallest absolute Gasteiger partial charge is 0.252 e. The highest BCUT2D eigenvalue weighted by molar-refractivity contribution is 7.91. The van der Waals surface area contributed by atoms with E-state index in [4.69, 9.17) is 11.6 Å². The van der Waals surface area contributed by atoms with Crippen molar-refractivity contribution in [2.24, 2.45) is 5.92 Å². The number of piperazine rings is 1. The Morgan fingerprint density at radius 3 is 2.38 bits per heavy atom. The quantitative estimate of drug-likeness (QED) is 0.801. The number of sulfonamides is 1. The van der Waals surface area contributed by atoms with Crippen molar-refractivity contribution in [3.63, 3.8) is 0 Å². The Labute approximate surface area is 152 Å². The molecule has 1 amide bonds. The first kappa shape index (κ1) is 19.7. The van der Waals surface area contributed by atoms with Crippen molar-refractivity contribution < 1.29 is 13.2 Å². The zero-order valence-corrected chi connectivity index (χ0v) is 16.5. The highest BCUT2D eigenvalue weighted by Gasteiger charge is 2.32. The molecule has 1 aliphatic rings. The van der Waals surface area contributed by atoms with E-state index in [1.807, 2.05) is 25.7 Å². The molecule has 1 saturated heterocycles. The Kier molecular flexibility index (Phi) is 6.66. The van der Waals surface area contributed by atoms with Crippen LogP contribution >= 0.6 is 22.9 Å². The number of hydrogen-bond acceptors (Lipinski definition) is 5. The number of hydrogen-bond donors (Lipinski definition) is 1. The normalized spacial score (nSPS) is 18.7. The van der Waals surface area contributed by atoms with E-state index in [-0.39, 0.29) is 16.2 Å². The van der Waals surface area contributed by atoms with Gasteiger partial charge in [0.25, 0.3) is 10.0 Å². The number of carbonyl (C=O) groups is 1. The predicted octanol–water partition coefficient (Wildman–Crippen LogP) is 1.87. The lowest BCUT2D eigenvalue weighted by molar-refractivity contribution is -0.126. The van der Waals surface area contributed by atoms with E-state index in [9.17, 15) is 13.2 Å². The maximum absolute atomic E-state index is 12.6. The molecular weight excluding hydrogens is 370 g/mol. The summed E-state index contributed by atoms with van der Waals surface area (Å²) in [4.78, 5) is 14.2. The van der Waals surface area contributed by atoms with E-state index in [1.165, 1.54) is 10.4 Å². The lowest BCUT2D eigenvalue weighted by Crippen LogP contribution is -2.55. The van der Waals surface area contributed by atoms with E-state index in [0.29, 0.717) is 43.0 Å². The fourth-order valence-corrected chi connectivity index (χ4v) is 5.57. The molecule has 1 N–H and O–H groups in total. The summed E-state index contributed by atoms with van der Waals surface area (Å²) in [6.45, 7) is 8.43. The first-order valence-electron chi connectivity index (χ1n) is 7.99. The Morgan fingerprint density at radius 2 is 1.88 bits per heavy atom. The highest BCUT2D eigenvalue weighted by Crippen LogP contribution is 2.28. The average Bonchev–Trinajstić information content (AvgIpc) is 2.99. The molecular formula is C15H24ClN3O3S2. The standard InChI is InChI=1S/C15H24ClN3O3S2/c1-11(2)10-17-15(20)12(3)18-6-8-19(9-7-18)24(21,22)14-5-4-13(16)23-14/h4-5,11-12H,6-10H2,1-3H3,(H,17,20)/t12-/m0/s1. The molecule has 136 valence electrons. The maximum Gasteiger partial charge on any atom is 0.252 e. The molecule has 9 heteroatoms. The van der Waals surface area contributed by atoms with Gasteiger partial charge in [-0.2, -0.15) is 4.31 Å². The summed E-state index contributed by atoms with van der Waals surface area (Å²) in [5.41, 5.74) is 0. The van der Waals surface area contributed by atoms with Crippen molar-refractivity contribution >= 4 is 38.9 Å². The molecule has 0 aliphatic carbocycles. The molecule has 1 aromatic rings. The Hall–Kier alpha value is -0.670. The fraction of sp³-hybridized carbons (Fsp3) is 0.667. The Morgan fingerprint density at radius 1 is 1.25 bits per heavy atom. The summed E-state index contributed by atoms with van der Waals surface area (Å²) >= 11 is 6.91. The van der Waals surface area contributed by atoms with E-state index >= 15 is 0 Å². The molecule has 2 heterocycles. The number of rotatable bonds is 6. The van der Waals surface area contributed by atoms with E-state index < -0.39 is 10.0 Å². The third-order valence-corrected chi connectivity index (χ3v) is 7.62. The minimum absolute atomic E-state index is 0.00922. The van der Waals surface area contributed by atoms with Gasteiger partial charge in [-0.05, 0) is 25.0 Å². The summed E-state index contributed by atoms with van der Waals surface area (Å²) in [5.74, 6) is 0.394. The van der Waals surface area contributed by atoms with Gasteiger partial charge in [-0.3, -0.25) is 9.69 Å². The number of thiophene rings is 1. The van der Waals surface area contributed by atoms with E-state index in [2.05, 4.69) is 5.32 Å². The van der Waals surface area contributed by atoms with Gasteiger partial charge in [0.05, 0.1) is 10.4 Å².